The number of hydrogen-bond acceptors (Lipinski definition) is 3. The van der Waals surface area contributed by atoms with Gasteiger partial charge >= 0.3 is 0 Å². The van der Waals surface area contributed by atoms with Crippen molar-refractivity contribution in [3.63, 3.8) is 0 Å². The van der Waals surface area contributed by atoms with Crippen LogP contribution < -0.4 is 4.90 Å². The molecule has 6 rings (SSSR count). The number of nitrogens with zero attached hydrogens (tertiary/aromatic N) is 1. The van der Waals surface area contributed by atoms with Crippen molar-refractivity contribution in [1.82, 2.24) is 0 Å². The second kappa shape index (κ2) is 5.13. The third-order valence-electron chi connectivity index (χ3n) is 6.51. The fourth-order valence-corrected chi connectivity index (χ4v) is 5.17. The Hall–Kier alpha value is -2.75. The molecule has 4 aliphatic rings. The first kappa shape index (κ1) is 15.5. The largest absolute Gasteiger partial charge is 0.299 e. The summed E-state index contributed by atoms with van der Waals surface area (Å²) in [5.41, 5.74) is 4.65. The van der Waals surface area contributed by atoms with E-state index in [0.717, 1.165) is 22.3 Å². The minimum Gasteiger partial charge on any atom is -0.299 e. The maximum atomic E-state index is 13.3. The number of carbonyl (C=O) groups excluding carboxylic acids is 3. The zero-order chi connectivity index (χ0) is 18.2. The molecule has 1 saturated heterocycles. The predicted octanol–water partition coefficient (Wildman–Crippen LogP) is 3.26. The monoisotopic (exact) mass is 345 g/mol. The van der Waals surface area contributed by atoms with Gasteiger partial charge in [0.1, 0.15) is 5.78 Å². The van der Waals surface area contributed by atoms with Crippen LogP contribution >= 0.6 is 0 Å². The van der Waals surface area contributed by atoms with Crippen LogP contribution in [0.4, 0.5) is 5.69 Å². The van der Waals surface area contributed by atoms with Crippen LogP contribution in [-0.4, -0.2) is 17.6 Å². The van der Waals surface area contributed by atoms with Crippen LogP contribution in [0.15, 0.2) is 42.5 Å². The van der Waals surface area contributed by atoms with Crippen LogP contribution in [0, 0.1) is 25.7 Å². The Balaban J connectivity index is 1.68. The first-order valence-electron chi connectivity index (χ1n) is 9.06. The second-order valence-corrected chi connectivity index (χ2v) is 7.67. The van der Waals surface area contributed by atoms with Gasteiger partial charge in [0.25, 0.3) is 0 Å². The van der Waals surface area contributed by atoms with Gasteiger partial charge < -0.3 is 0 Å². The first-order chi connectivity index (χ1) is 12.5. The Morgan fingerprint density at radius 2 is 1.54 bits per heavy atom. The summed E-state index contributed by atoms with van der Waals surface area (Å²) in [6.45, 7) is 3.90. The Kier molecular flexibility index (Phi) is 3.06. The molecule has 130 valence electrons. The number of imide groups is 1. The summed E-state index contributed by atoms with van der Waals surface area (Å²) < 4.78 is 0. The van der Waals surface area contributed by atoms with Gasteiger partial charge in [0.05, 0.1) is 23.4 Å². The van der Waals surface area contributed by atoms with Gasteiger partial charge in [-0.25, -0.2) is 4.90 Å². The lowest BCUT2D eigenvalue weighted by molar-refractivity contribution is -0.134. The highest BCUT2D eigenvalue weighted by Crippen LogP contribution is 2.57. The maximum absolute atomic E-state index is 13.3. The molecule has 4 nitrogen and oxygen atoms in total. The minimum atomic E-state index is -0.552. The van der Waals surface area contributed by atoms with E-state index in [1.807, 2.05) is 56.3 Å². The molecule has 2 fully saturated rings. The molecule has 0 N–H and O–H groups in total. The van der Waals surface area contributed by atoms with E-state index in [1.165, 1.54) is 4.90 Å². The highest BCUT2D eigenvalue weighted by molar-refractivity contribution is 6.25. The van der Waals surface area contributed by atoms with Gasteiger partial charge in [0.2, 0.25) is 11.8 Å². The fraction of sp³-hybridized carbons (Fsp3) is 0.318. The number of anilines is 1. The molecule has 2 bridgehead atoms. The average Bonchev–Trinajstić information content (AvgIpc) is 2.90. The molecule has 1 saturated carbocycles. The van der Waals surface area contributed by atoms with E-state index in [0.29, 0.717) is 12.1 Å². The van der Waals surface area contributed by atoms with Crippen molar-refractivity contribution in [2.75, 3.05) is 4.90 Å². The molecule has 4 atom stereocenters. The van der Waals surface area contributed by atoms with Gasteiger partial charge in [-0.3, -0.25) is 14.4 Å². The molecule has 4 heteroatoms. The zero-order valence-corrected chi connectivity index (χ0v) is 14.7. The molecular formula is C22H19NO3. The summed E-state index contributed by atoms with van der Waals surface area (Å²) in [5, 5.41) is 0. The van der Waals surface area contributed by atoms with Gasteiger partial charge in [-0.05, 0) is 42.2 Å². The van der Waals surface area contributed by atoms with Crippen LogP contribution in [0.25, 0.3) is 0 Å². The summed E-state index contributed by atoms with van der Waals surface area (Å²) >= 11 is 0. The molecule has 2 amide bonds. The minimum absolute atomic E-state index is 0.0962. The third kappa shape index (κ3) is 1.77. The summed E-state index contributed by atoms with van der Waals surface area (Å²) in [6.07, 6.45) is 0.364. The lowest BCUT2D eigenvalue weighted by Crippen LogP contribution is -2.44. The SMILES string of the molecule is Cc1cccc(N2C(=O)[C@@H]3[C@H](C2=O)[C@@H]2C(=O)C[C@@H]3c3ccccc32)c1C. The van der Waals surface area contributed by atoms with Crippen molar-refractivity contribution < 1.29 is 14.4 Å². The Bertz CT molecular complexity index is 993. The summed E-state index contributed by atoms with van der Waals surface area (Å²) in [6, 6.07) is 13.5. The van der Waals surface area contributed by atoms with Crippen molar-refractivity contribution in [2.24, 2.45) is 11.8 Å². The van der Waals surface area contributed by atoms with Crippen LogP contribution in [0.3, 0.4) is 0 Å². The van der Waals surface area contributed by atoms with E-state index >= 15 is 0 Å². The van der Waals surface area contributed by atoms with Crippen molar-refractivity contribution >= 4 is 23.3 Å². The molecule has 0 radical (unpaired) electrons. The van der Waals surface area contributed by atoms with E-state index in [2.05, 4.69) is 0 Å². The summed E-state index contributed by atoms with van der Waals surface area (Å²) in [5.74, 6) is -1.90. The normalized spacial score (nSPS) is 29.2. The lowest BCUT2D eigenvalue weighted by atomic mass is 9.56. The first-order valence-corrected chi connectivity index (χ1v) is 9.06. The maximum Gasteiger partial charge on any atom is 0.238 e. The molecule has 0 spiro atoms. The highest BCUT2D eigenvalue weighted by atomic mass is 16.2. The van der Waals surface area contributed by atoms with E-state index in [1.54, 1.807) is 0 Å². The quantitative estimate of drug-likeness (QED) is 0.746. The van der Waals surface area contributed by atoms with E-state index in [4.69, 9.17) is 0 Å². The molecule has 1 aliphatic heterocycles. The van der Waals surface area contributed by atoms with Crippen molar-refractivity contribution in [2.45, 2.75) is 32.1 Å². The van der Waals surface area contributed by atoms with Crippen LogP contribution in [0.2, 0.25) is 0 Å². The number of ketones is 1. The fourth-order valence-electron chi connectivity index (χ4n) is 5.17. The third-order valence-corrected chi connectivity index (χ3v) is 6.51. The Morgan fingerprint density at radius 1 is 0.846 bits per heavy atom. The predicted molar refractivity (Wildman–Crippen MR) is 96.9 cm³/mol. The number of carbonyl (C=O) groups is 3. The van der Waals surface area contributed by atoms with Crippen molar-refractivity contribution in [3.8, 4) is 0 Å². The molecule has 0 aromatic heterocycles. The molecule has 2 aromatic rings. The number of amides is 2. The number of Topliss-reactive ketones (excluding diaryl/α,β-unsaturated/α-hetero) is 1. The van der Waals surface area contributed by atoms with E-state index in [9.17, 15) is 14.4 Å². The van der Waals surface area contributed by atoms with Gasteiger partial charge in [0, 0.05) is 12.3 Å². The van der Waals surface area contributed by atoms with Gasteiger partial charge in [-0.15, -0.1) is 0 Å². The Labute approximate surface area is 151 Å². The second-order valence-electron chi connectivity index (χ2n) is 7.67. The van der Waals surface area contributed by atoms with Crippen molar-refractivity contribution in [1.29, 1.82) is 0 Å². The van der Waals surface area contributed by atoms with Crippen LogP contribution in [-0.2, 0) is 14.4 Å². The molecule has 2 aromatic carbocycles. The number of rotatable bonds is 1. The molecule has 26 heavy (non-hydrogen) atoms. The topological polar surface area (TPSA) is 54.5 Å². The average molecular weight is 345 g/mol. The van der Waals surface area contributed by atoms with Crippen molar-refractivity contribution in [3.05, 3.63) is 64.7 Å². The van der Waals surface area contributed by atoms with E-state index in [-0.39, 0.29) is 23.5 Å². The van der Waals surface area contributed by atoms with E-state index < -0.39 is 17.8 Å². The number of aryl methyl sites for hydroxylation is 1. The van der Waals surface area contributed by atoms with Crippen LogP contribution in [0.1, 0.15) is 40.5 Å². The molecule has 1 heterocycles. The number of fused-ring (bicyclic) bond motifs is 1. The molecule has 0 unspecified atom stereocenters. The number of hydrogen-bond donors (Lipinski definition) is 0. The smallest absolute Gasteiger partial charge is 0.238 e. The van der Waals surface area contributed by atoms with Gasteiger partial charge in [-0.1, -0.05) is 36.4 Å². The van der Waals surface area contributed by atoms with Crippen LogP contribution in [0.5, 0.6) is 0 Å². The molecular weight excluding hydrogens is 326 g/mol. The summed E-state index contributed by atoms with van der Waals surface area (Å²) in [4.78, 5) is 40.7. The van der Waals surface area contributed by atoms with Gasteiger partial charge in [-0.2, -0.15) is 0 Å². The zero-order valence-electron chi connectivity index (χ0n) is 14.7. The molecule has 3 aliphatic carbocycles. The Morgan fingerprint density at radius 3 is 2.31 bits per heavy atom. The lowest BCUT2D eigenvalue weighted by Gasteiger charge is -2.43. The summed E-state index contributed by atoms with van der Waals surface area (Å²) in [7, 11) is 0. The standard InChI is InChI=1S/C22H19NO3/c1-11-6-5-9-16(12(11)2)23-21(25)19-15-10-17(24)18(20(19)22(23)26)14-8-4-3-7-13(14)15/h3-9,15,18-20H,10H2,1-2H3/t15-,18+,19+,20-/m1/s1. The highest BCUT2D eigenvalue weighted by Gasteiger charge is 2.62. The number of benzene rings is 2. The van der Waals surface area contributed by atoms with Gasteiger partial charge in [0.15, 0.2) is 0 Å².